The van der Waals surface area contributed by atoms with Crippen LogP contribution in [-0.4, -0.2) is 29.0 Å². The van der Waals surface area contributed by atoms with Gasteiger partial charge in [-0.3, -0.25) is 4.90 Å². The molecule has 2 saturated heterocycles. The van der Waals surface area contributed by atoms with Crippen molar-refractivity contribution in [2.75, 3.05) is 13.1 Å². The smallest absolute Gasteiger partial charge is 0.0979 e. The minimum atomic E-state index is 0.678. The highest BCUT2D eigenvalue weighted by Crippen LogP contribution is 2.43. The zero-order valence-electron chi connectivity index (χ0n) is 12.9. The van der Waals surface area contributed by atoms with Crippen molar-refractivity contribution in [3.05, 3.63) is 39.7 Å². The van der Waals surface area contributed by atoms with Crippen LogP contribution in [0.2, 0.25) is 0 Å². The first-order valence-corrected chi connectivity index (χ1v) is 9.52. The molecule has 2 atom stereocenters. The molecule has 1 aromatic heterocycles. The summed E-state index contributed by atoms with van der Waals surface area (Å²) >= 11 is 1.99. The first-order valence-electron chi connectivity index (χ1n) is 8.70. The third-order valence-electron chi connectivity index (χ3n) is 5.74. The minimum Gasteiger partial charge on any atom is -0.300 e. The van der Waals surface area contributed by atoms with Crippen LogP contribution in [0.4, 0.5) is 0 Å². The molecule has 2 aliphatic heterocycles. The lowest BCUT2D eigenvalue weighted by molar-refractivity contribution is 0.0959. The summed E-state index contributed by atoms with van der Waals surface area (Å²) in [5.74, 6) is 0.678. The van der Waals surface area contributed by atoms with Crippen LogP contribution in [0.3, 0.4) is 0 Å². The monoisotopic (exact) mass is 310 g/mol. The van der Waals surface area contributed by atoms with Gasteiger partial charge in [-0.2, -0.15) is 0 Å². The summed E-state index contributed by atoms with van der Waals surface area (Å²) in [7, 11) is 0. The zero-order chi connectivity index (χ0) is 14.5. The number of hydrogen-bond donors (Lipinski definition) is 0. The topological polar surface area (TPSA) is 16.1 Å². The maximum Gasteiger partial charge on any atom is 0.0979 e. The van der Waals surface area contributed by atoms with Crippen molar-refractivity contribution in [3.63, 3.8) is 0 Å². The van der Waals surface area contributed by atoms with Crippen molar-refractivity contribution in [1.82, 2.24) is 9.88 Å². The van der Waals surface area contributed by atoms with Crippen LogP contribution in [0, 0.1) is 0 Å². The number of thiazole rings is 1. The normalized spacial score (nSPS) is 27.3. The molecule has 2 nitrogen and oxygen atoms in total. The quantitative estimate of drug-likeness (QED) is 0.660. The van der Waals surface area contributed by atoms with Gasteiger partial charge in [0.1, 0.15) is 0 Å². The molecule has 0 spiro atoms. The standard InChI is InChI=1S/C19H22N2S/c1-2-7-16-13(5-1)11-17-18(16)20-19(22-17)14-8-9-15-6-3-4-10-21(15)12-14/h1-2,5,7,14-15H,3-4,6,8-12H2. The first kappa shape index (κ1) is 13.3. The van der Waals surface area contributed by atoms with Gasteiger partial charge >= 0.3 is 0 Å². The Morgan fingerprint density at radius 2 is 2.05 bits per heavy atom. The third kappa shape index (κ3) is 2.06. The molecular weight excluding hydrogens is 288 g/mol. The predicted octanol–water partition coefficient (Wildman–Crippen LogP) is 4.45. The Kier molecular flexibility index (Phi) is 3.12. The molecule has 0 amide bonds. The maximum atomic E-state index is 5.09. The number of hydrogen-bond acceptors (Lipinski definition) is 3. The summed E-state index contributed by atoms with van der Waals surface area (Å²) in [4.78, 5) is 9.33. The van der Waals surface area contributed by atoms with Gasteiger partial charge in [-0.1, -0.05) is 30.7 Å². The molecule has 3 heterocycles. The summed E-state index contributed by atoms with van der Waals surface area (Å²) < 4.78 is 0. The summed E-state index contributed by atoms with van der Waals surface area (Å²) in [5, 5.41) is 1.41. The van der Waals surface area contributed by atoms with Gasteiger partial charge in [0, 0.05) is 35.4 Å². The molecule has 5 rings (SSSR count). The lowest BCUT2D eigenvalue weighted by atomic mass is 9.88. The summed E-state index contributed by atoms with van der Waals surface area (Å²) in [6, 6.07) is 9.66. The second kappa shape index (κ2) is 5.17. The molecule has 0 bridgehead atoms. The minimum absolute atomic E-state index is 0.678. The fourth-order valence-electron chi connectivity index (χ4n) is 4.55. The molecular formula is C19H22N2S. The highest BCUT2D eigenvalue weighted by Gasteiger charge is 2.33. The van der Waals surface area contributed by atoms with Crippen molar-refractivity contribution in [1.29, 1.82) is 0 Å². The van der Waals surface area contributed by atoms with E-state index in [1.54, 1.807) is 0 Å². The summed E-state index contributed by atoms with van der Waals surface area (Å²) in [5.41, 5.74) is 4.13. The summed E-state index contributed by atoms with van der Waals surface area (Å²) in [6.07, 6.45) is 8.08. The van der Waals surface area contributed by atoms with Crippen molar-refractivity contribution in [2.24, 2.45) is 0 Å². The van der Waals surface area contributed by atoms with Gasteiger partial charge in [0.05, 0.1) is 10.7 Å². The van der Waals surface area contributed by atoms with Crippen molar-refractivity contribution in [2.45, 2.75) is 50.5 Å². The average Bonchev–Trinajstić information content (AvgIpc) is 3.12. The Bertz CT molecular complexity index is 705. The molecule has 114 valence electrons. The van der Waals surface area contributed by atoms with Crippen LogP contribution in [0.25, 0.3) is 11.3 Å². The Labute approximate surface area is 136 Å². The fraction of sp³-hybridized carbons (Fsp3) is 0.526. The van der Waals surface area contributed by atoms with Crippen molar-refractivity contribution >= 4 is 11.3 Å². The number of nitrogens with zero attached hydrogens (tertiary/aromatic N) is 2. The van der Waals surface area contributed by atoms with Crippen molar-refractivity contribution < 1.29 is 0 Å². The van der Waals surface area contributed by atoms with Gasteiger partial charge in [-0.05, 0) is 37.8 Å². The lowest BCUT2D eigenvalue weighted by Crippen LogP contribution is -2.45. The number of benzene rings is 1. The average molecular weight is 310 g/mol. The Morgan fingerprint density at radius 1 is 1.09 bits per heavy atom. The molecule has 1 aromatic carbocycles. The highest BCUT2D eigenvalue weighted by atomic mass is 32.1. The molecule has 22 heavy (non-hydrogen) atoms. The van der Waals surface area contributed by atoms with Crippen LogP contribution in [0.5, 0.6) is 0 Å². The Hall–Kier alpha value is -1.19. The molecule has 2 fully saturated rings. The van der Waals surface area contributed by atoms with Crippen LogP contribution < -0.4 is 0 Å². The van der Waals surface area contributed by atoms with E-state index in [9.17, 15) is 0 Å². The van der Waals surface area contributed by atoms with Gasteiger partial charge in [0.15, 0.2) is 0 Å². The molecule has 0 radical (unpaired) electrons. The Balaban J connectivity index is 1.42. The fourth-order valence-corrected chi connectivity index (χ4v) is 5.78. The number of fused-ring (bicyclic) bond motifs is 4. The van der Waals surface area contributed by atoms with Gasteiger partial charge < -0.3 is 0 Å². The highest BCUT2D eigenvalue weighted by molar-refractivity contribution is 7.12. The molecule has 0 N–H and O–H groups in total. The van der Waals surface area contributed by atoms with E-state index in [0.717, 1.165) is 12.5 Å². The van der Waals surface area contributed by atoms with Crippen LogP contribution in [-0.2, 0) is 6.42 Å². The second-order valence-corrected chi connectivity index (χ2v) is 8.19. The van der Waals surface area contributed by atoms with E-state index >= 15 is 0 Å². The summed E-state index contributed by atoms with van der Waals surface area (Å²) in [6.45, 7) is 2.56. The van der Waals surface area contributed by atoms with Gasteiger partial charge in [0.2, 0.25) is 0 Å². The zero-order valence-corrected chi connectivity index (χ0v) is 13.7. The van der Waals surface area contributed by atoms with Crippen LogP contribution >= 0.6 is 11.3 Å². The van der Waals surface area contributed by atoms with E-state index in [2.05, 4.69) is 29.2 Å². The van der Waals surface area contributed by atoms with Gasteiger partial charge in [-0.25, -0.2) is 4.98 Å². The molecule has 1 aliphatic carbocycles. The number of aromatic nitrogens is 1. The molecule has 2 aromatic rings. The van der Waals surface area contributed by atoms with Gasteiger partial charge in [0.25, 0.3) is 0 Å². The van der Waals surface area contributed by atoms with Crippen LogP contribution in [0.15, 0.2) is 24.3 Å². The van der Waals surface area contributed by atoms with E-state index in [0.29, 0.717) is 5.92 Å². The van der Waals surface area contributed by atoms with Crippen molar-refractivity contribution in [3.8, 4) is 11.3 Å². The Morgan fingerprint density at radius 3 is 3.05 bits per heavy atom. The van der Waals surface area contributed by atoms with E-state index in [4.69, 9.17) is 4.98 Å². The third-order valence-corrected chi connectivity index (χ3v) is 6.96. The van der Waals surface area contributed by atoms with E-state index in [1.807, 2.05) is 11.3 Å². The largest absolute Gasteiger partial charge is 0.300 e. The van der Waals surface area contributed by atoms with E-state index in [-0.39, 0.29) is 0 Å². The van der Waals surface area contributed by atoms with Crippen LogP contribution in [0.1, 0.15) is 53.5 Å². The predicted molar refractivity (Wildman–Crippen MR) is 91.5 cm³/mol. The number of rotatable bonds is 1. The molecule has 0 saturated carbocycles. The van der Waals surface area contributed by atoms with E-state index in [1.165, 1.54) is 71.9 Å². The molecule has 3 heteroatoms. The lowest BCUT2D eigenvalue weighted by Gasteiger charge is -2.42. The number of piperidine rings is 2. The van der Waals surface area contributed by atoms with Gasteiger partial charge in [-0.15, -0.1) is 11.3 Å². The second-order valence-electron chi connectivity index (χ2n) is 7.08. The maximum absolute atomic E-state index is 5.09. The first-order chi connectivity index (χ1) is 10.9. The molecule has 3 aliphatic rings. The van der Waals surface area contributed by atoms with E-state index < -0.39 is 0 Å². The SMILES string of the molecule is c1ccc2c(c1)Cc1sc(C3CCC4CCCCN4C3)nc1-2. The molecule has 2 unspecified atom stereocenters.